The summed E-state index contributed by atoms with van der Waals surface area (Å²) in [6.45, 7) is 4.21. The van der Waals surface area contributed by atoms with Crippen LogP contribution in [0.25, 0.3) is 0 Å². The molecule has 1 fully saturated rings. The fourth-order valence-electron chi connectivity index (χ4n) is 3.19. The third-order valence-corrected chi connectivity index (χ3v) is 5.18. The number of hydrogen-bond donors (Lipinski definition) is 3. The molecule has 0 saturated heterocycles. The van der Waals surface area contributed by atoms with Crippen LogP contribution >= 0.6 is 15.9 Å². The number of benzene rings is 1. The van der Waals surface area contributed by atoms with Crippen molar-refractivity contribution < 1.29 is 9.59 Å². The van der Waals surface area contributed by atoms with E-state index in [9.17, 15) is 9.59 Å². The summed E-state index contributed by atoms with van der Waals surface area (Å²) in [5.41, 5.74) is 7.57. The Bertz CT molecular complexity index is 616. The van der Waals surface area contributed by atoms with Crippen molar-refractivity contribution in [1.82, 2.24) is 5.32 Å². The number of nitrogens with one attached hydrogen (secondary N) is 2. The minimum absolute atomic E-state index is 0.0349. The molecular formula is C18H26BrN3O2. The molecule has 0 aliphatic heterocycles. The van der Waals surface area contributed by atoms with Crippen LogP contribution in [0, 0.1) is 12.8 Å². The lowest BCUT2D eigenvalue weighted by atomic mass is 9.74. The van der Waals surface area contributed by atoms with Crippen LogP contribution in [0.4, 0.5) is 5.69 Å². The third kappa shape index (κ3) is 5.05. The van der Waals surface area contributed by atoms with Gasteiger partial charge in [0.25, 0.3) is 0 Å². The van der Waals surface area contributed by atoms with Crippen molar-refractivity contribution in [3.63, 3.8) is 0 Å². The van der Waals surface area contributed by atoms with Crippen molar-refractivity contribution >= 4 is 33.4 Å². The first kappa shape index (κ1) is 18.9. The molecule has 24 heavy (non-hydrogen) atoms. The summed E-state index contributed by atoms with van der Waals surface area (Å²) in [5.74, 6) is -0.310. The Morgan fingerprint density at radius 1 is 1.38 bits per heavy atom. The van der Waals surface area contributed by atoms with Gasteiger partial charge in [0.1, 0.15) is 0 Å². The maximum absolute atomic E-state index is 12.3. The zero-order chi connectivity index (χ0) is 17.7. The Balaban J connectivity index is 1.79. The van der Waals surface area contributed by atoms with E-state index in [2.05, 4.69) is 26.6 Å². The summed E-state index contributed by atoms with van der Waals surface area (Å²) in [6, 6.07) is 5.69. The largest absolute Gasteiger partial charge is 0.355 e. The quantitative estimate of drug-likeness (QED) is 0.715. The molecule has 0 radical (unpaired) electrons. The molecule has 4 N–H and O–H groups in total. The van der Waals surface area contributed by atoms with Gasteiger partial charge in [-0.25, -0.2) is 0 Å². The molecule has 2 amide bonds. The van der Waals surface area contributed by atoms with Crippen molar-refractivity contribution in [2.24, 2.45) is 11.7 Å². The van der Waals surface area contributed by atoms with Crippen LogP contribution in [0.2, 0.25) is 0 Å². The van der Waals surface area contributed by atoms with Gasteiger partial charge in [0.15, 0.2) is 0 Å². The molecule has 0 spiro atoms. The van der Waals surface area contributed by atoms with Crippen LogP contribution in [-0.4, -0.2) is 23.9 Å². The van der Waals surface area contributed by atoms with Crippen LogP contribution in [0.15, 0.2) is 22.7 Å². The number of rotatable bonds is 5. The van der Waals surface area contributed by atoms with Gasteiger partial charge in [-0.3, -0.25) is 9.59 Å². The molecular weight excluding hydrogens is 370 g/mol. The molecule has 1 aliphatic carbocycles. The maximum atomic E-state index is 12.3. The number of aryl methyl sites for hydroxylation is 1. The molecule has 0 heterocycles. The van der Waals surface area contributed by atoms with Gasteiger partial charge in [-0.05, 0) is 50.5 Å². The molecule has 6 heteroatoms. The van der Waals surface area contributed by atoms with Gasteiger partial charge in [0.2, 0.25) is 11.8 Å². The molecule has 1 aliphatic rings. The van der Waals surface area contributed by atoms with Crippen molar-refractivity contribution in [2.75, 3.05) is 11.9 Å². The van der Waals surface area contributed by atoms with E-state index in [0.717, 1.165) is 41.4 Å². The highest BCUT2D eigenvalue weighted by molar-refractivity contribution is 9.10. The van der Waals surface area contributed by atoms with E-state index < -0.39 is 5.54 Å². The fourth-order valence-corrected chi connectivity index (χ4v) is 3.67. The molecule has 1 aromatic rings. The third-order valence-electron chi connectivity index (χ3n) is 4.68. The summed E-state index contributed by atoms with van der Waals surface area (Å²) in [4.78, 5) is 24.4. The zero-order valence-corrected chi connectivity index (χ0v) is 15.9. The highest BCUT2D eigenvalue weighted by Crippen LogP contribution is 2.31. The topological polar surface area (TPSA) is 84.2 Å². The molecule has 132 valence electrons. The number of halogens is 1. The minimum atomic E-state index is -0.445. The van der Waals surface area contributed by atoms with E-state index in [0.29, 0.717) is 6.54 Å². The standard InChI is InChI=1S/C18H26BrN3O2/c1-12-11-13(19)6-7-15(12)22-16(23)8-10-21-17(24)14-5-3-4-9-18(14,2)20/h6-7,11,14H,3-5,8-10,20H2,1-2H3,(H,21,24)(H,22,23). The SMILES string of the molecule is Cc1cc(Br)ccc1NC(=O)CCNC(=O)C1CCCCC1(C)N. The van der Waals surface area contributed by atoms with E-state index in [1.807, 2.05) is 32.0 Å². The lowest BCUT2D eigenvalue weighted by Crippen LogP contribution is -2.53. The van der Waals surface area contributed by atoms with Crippen molar-refractivity contribution in [3.8, 4) is 0 Å². The maximum Gasteiger partial charge on any atom is 0.226 e. The number of hydrogen-bond acceptors (Lipinski definition) is 3. The van der Waals surface area contributed by atoms with E-state index in [1.54, 1.807) is 0 Å². The molecule has 2 unspecified atom stereocenters. The first-order valence-corrected chi connectivity index (χ1v) is 9.21. The van der Waals surface area contributed by atoms with Gasteiger partial charge in [0.05, 0.1) is 5.92 Å². The second-order valence-electron chi connectivity index (χ2n) is 6.85. The Morgan fingerprint density at radius 2 is 2.12 bits per heavy atom. The van der Waals surface area contributed by atoms with Crippen molar-refractivity contribution in [2.45, 2.75) is 51.5 Å². The molecule has 1 saturated carbocycles. The zero-order valence-electron chi connectivity index (χ0n) is 14.3. The number of amides is 2. The van der Waals surface area contributed by atoms with E-state index in [1.165, 1.54) is 0 Å². The summed E-state index contributed by atoms with van der Waals surface area (Å²) in [5, 5.41) is 5.73. The molecule has 2 atom stereocenters. The number of anilines is 1. The highest BCUT2D eigenvalue weighted by atomic mass is 79.9. The molecule has 5 nitrogen and oxygen atoms in total. The fraction of sp³-hybridized carbons (Fsp3) is 0.556. The Morgan fingerprint density at radius 3 is 2.79 bits per heavy atom. The van der Waals surface area contributed by atoms with Gasteiger partial charge >= 0.3 is 0 Å². The average Bonchev–Trinajstić information content (AvgIpc) is 2.49. The van der Waals surface area contributed by atoms with Gasteiger partial charge in [-0.1, -0.05) is 28.8 Å². The summed E-state index contributed by atoms with van der Waals surface area (Å²) < 4.78 is 0.975. The van der Waals surface area contributed by atoms with Crippen LogP contribution in [0.5, 0.6) is 0 Å². The molecule has 0 bridgehead atoms. The highest BCUT2D eigenvalue weighted by Gasteiger charge is 2.37. The molecule has 0 aromatic heterocycles. The average molecular weight is 396 g/mol. The van der Waals surface area contributed by atoms with Crippen LogP contribution < -0.4 is 16.4 Å². The second kappa shape index (κ2) is 8.12. The van der Waals surface area contributed by atoms with Gasteiger partial charge in [-0.15, -0.1) is 0 Å². The minimum Gasteiger partial charge on any atom is -0.355 e. The number of nitrogens with two attached hydrogens (primary N) is 1. The molecule has 1 aromatic carbocycles. The molecule has 2 rings (SSSR count). The van der Waals surface area contributed by atoms with Crippen molar-refractivity contribution in [1.29, 1.82) is 0 Å². The van der Waals surface area contributed by atoms with Gasteiger partial charge in [0, 0.05) is 28.7 Å². The summed E-state index contributed by atoms with van der Waals surface area (Å²) in [7, 11) is 0. The first-order chi connectivity index (χ1) is 11.3. The smallest absolute Gasteiger partial charge is 0.226 e. The first-order valence-electron chi connectivity index (χ1n) is 8.42. The predicted molar refractivity (Wildman–Crippen MR) is 99.7 cm³/mol. The van der Waals surface area contributed by atoms with Crippen LogP contribution in [0.1, 0.15) is 44.6 Å². The van der Waals surface area contributed by atoms with E-state index >= 15 is 0 Å². The van der Waals surface area contributed by atoms with Crippen LogP contribution in [0.3, 0.4) is 0 Å². The monoisotopic (exact) mass is 395 g/mol. The Hall–Kier alpha value is -1.40. The van der Waals surface area contributed by atoms with E-state index in [4.69, 9.17) is 5.73 Å². The summed E-state index contributed by atoms with van der Waals surface area (Å²) in [6.07, 6.45) is 4.05. The Labute approximate surface area is 151 Å². The van der Waals surface area contributed by atoms with Crippen molar-refractivity contribution in [3.05, 3.63) is 28.2 Å². The normalized spacial score (nSPS) is 23.6. The summed E-state index contributed by atoms with van der Waals surface area (Å²) >= 11 is 3.40. The van der Waals surface area contributed by atoms with E-state index in [-0.39, 0.29) is 24.2 Å². The lowest BCUT2D eigenvalue weighted by molar-refractivity contribution is -0.128. The van der Waals surface area contributed by atoms with Crippen LogP contribution in [-0.2, 0) is 9.59 Å². The van der Waals surface area contributed by atoms with Gasteiger partial charge in [-0.2, -0.15) is 0 Å². The number of carbonyl (C=O) groups is 2. The Kier molecular flexibility index (Phi) is 6.40. The van der Waals surface area contributed by atoms with Gasteiger partial charge < -0.3 is 16.4 Å². The predicted octanol–water partition coefficient (Wildman–Crippen LogP) is 3.11. The second-order valence-corrected chi connectivity index (χ2v) is 7.77. The lowest BCUT2D eigenvalue weighted by Gasteiger charge is -2.37. The number of carbonyl (C=O) groups excluding carboxylic acids is 2.